The molecule has 0 atom stereocenters. The Kier molecular flexibility index (Phi) is 2.64. The zero-order valence-electron chi connectivity index (χ0n) is 7.41. The van der Waals surface area contributed by atoms with Crippen molar-refractivity contribution in [3.05, 3.63) is 17.4 Å². The first kappa shape index (κ1) is 8.75. The number of piperidine rings is 1. The summed E-state index contributed by atoms with van der Waals surface area (Å²) in [7, 11) is 0. The lowest BCUT2D eigenvalue weighted by Crippen LogP contribution is -2.29. The molecular formula is C9H12ClN3. The van der Waals surface area contributed by atoms with Gasteiger partial charge in [0.2, 0.25) is 0 Å². The summed E-state index contributed by atoms with van der Waals surface area (Å²) in [6, 6.07) is 1.93. The SMILES string of the molecule is Clc1nnccc1N1CCCCC1. The molecule has 1 aromatic heterocycles. The third-order valence-corrected chi connectivity index (χ3v) is 2.62. The minimum absolute atomic E-state index is 0.518. The molecular weight excluding hydrogens is 186 g/mol. The average Bonchev–Trinajstić information content (AvgIpc) is 2.20. The quantitative estimate of drug-likeness (QED) is 0.691. The maximum absolute atomic E-state index is 5.94. The van der Waals surface area contributed by atoms with Crippen molar-refractivity contribution in [3.63, 3.8) is 0 Å². The Morgan fingerprint density at radius 3 is 2.69 bits per heavy atom. The van der Waals surface area contributed by atoms with Gasteiger partial charge in [-0.05, 0) is 25.3 Å². The lowest BCUT2D eigenvalue weighted by atomic mass is 10.1. The fraction of sp³-hybridized carbons (Fsp3) is 0.556. The van der Waals surface area contributed by atoms with Crippen LogP contribution in [0.2, 0.25) is 5.15 Å². The van der Waals surface area contributed by atoms with E-state index in [0.29, 0.717) is 5.15 Å². The number of hydrogen-bond acceptors (Lipinski definition) is 3. The second kappa shape index (κ2) is 3.92. The van der Waals surface area contributed by atoms with Crippen molar-refractivity contribution in [1.29, 1.82) is 0 Å². The summed E-state index contributed by atoms with van der Waals surface area (Å²) in [6.45, 7) is 2.18. The summed E-state index contributed by atoms with van der Waals surface area (Å²) in [4.78, 5) is 2.28. The van der Waals surface area contributed by atoms with Gasteiger partial charge in [-0.3, -0.25) is 0 Å². The van der Waals surface area contributed by atoms with Crippen LogP contribution in [0.3, 0.4) is 0 Å². The van der Waals surface area contributed by atoms with E-state index in [-0.39, 0.29) is 0 Å². The maximum atomic E-state index is 5.94. The van der Waals surface area contributed by atoms with Crippen LogP contribution in [0.4, 0.5) is 5.69 Å². The molecule has 1 aromatic rings. The molecule has 70 valence electrons. The highest BCUT2D eigenvalue weighted by Crippen LogP contribution is 2.24. The number of aromatic nitrogens is 2. The summed E-state index contributed by atoms with van der Waals surface area (Å²) >= 11 is 5.94. The van der Waals surface area contributed by atoms with Crippen LogP contribution >= 0.6 is 11.6 Å². The zero-order valence-corrected chi connectivity index (χ0v) is 8.17. The van der Waals surface area contributed by atoms with Gasteiger partial charge in [0.1, 0.15) is 0 Å². The Labute approximate surface area is 82.7 Å². The fourth-order valence-electron chi connectivity index (χ4n) is 1.68. The van der Waals surface area contributed by atoms with Gasteiger partial charge in [-0.1, -0.05) is 11.6 Å². The van der Waals surface area contributed by atoms with Crippen molar-refractivity contribution in [1.82, 2.24) is 10.2 Å². The first-order valence-corrected chi connectivity index (χ1v) is 4.98. The van der Waals surface area contributed by atoms with Crippen LogP contribution < -0.4 is 4.90 Å². The second-order valence-corrected chi connectivity index (χ2v) is 3.61. The van der Waals surface area contributed by atoms with Crippen molar-refractivity contribution < 1.29 is 0 Å². The van der Waals surface area contributed by atoms with E-state index >= 15 is 0 Å². The van der Waals surface area contributed by atoms with Gasteiger partial charge in [-0.15, -0.1) is 5.10 Å². The number of nitrogens with zero attached hydrogens (tertiary/aromatic N) is 3. The van der Waals surface area contributed by atoms with Gasteiger partial charge >= 0.3 is 0 Å². The van der Waals surface area contributed by atoms with E-state index in [1.807, 2.05) is 6.07 Å². The lowest BCUT2D eigenvalue weighted by Gasteiger charge is -2.28. The Bertz CT molecular complexity index is 284. The van der Waals surface area contributed by atoms with E-state index in [1.54, 1.807) is 6.20 Å². The van der Waals surface area contributed by atoms with Crippen molar-refractivity contribution in [3.8, 4) is 0 Å². The molecule has 2 rings (SSSR count). The molecule has 0 aliphatic carbocycles. The Morgan fingerprint density at radius 2 is 2.00 bits per heavy atom. The molecule has 1 fully saturated rings. The van der Waals surface area contributed by atoms with E-state index in [4.69, 9.17) is 11.6 Å². The first-order valence-electron chi connectivity index (χ1n) is 4.60. The highest BCUT2D eigenvalue weighted by molar-refractivity contribution is 6.31. The van der Waals surface area contributed by atoms with Crippen molar-refractivity contribution in [2.24, 2.45) is 0 Å². The number of rotatable bonds is 1. The predicted octanol–water partition coefficient (Wildman–Crippen LogP) is 2.12. The molecule has 0 amide bonds. The zero-order chi connectivity index (χ0) is 9.10. The lowest BCUT2D eigenvalue weighted by molar-refractivity contribution is 0.577. The van der Waals surface area contributed by atoms with Crippen LogP contribution in [-0.2, 0) is 0 Å². The highest BCUT2D eigenvalue weighted by atomic mass is 35.5. The Morgan fingerprint density at radius 1 is 1.23 bits per heavy atom. The van der Waals surface area contributed by atoms with Gasteiger partial charge in [0.05, 0.1) is 11.9 Å². The number of anilines is 1. The van der Waals surface area contributed by atoms with Gasteiger partial charge < -0.3 is 4.90 Å². The molecule has 3 nitrogen and oxygen atoms in total. The molecule has 4 heteroatoms. The Hall–Kier alpha value is -0.830. The van der Waals surface area contributed by atoms with E-state index in [1.165, 1.54) is 19.3 Å². The van der Waals surface area contributed by atoms with Crippen LogP contribution in [0.15, 0.2) is 12.3 Å². The van der Waals surface area contributed by atoms with E-state index in [9.17, 15) is 0 Å². The minimum Gasteiger partial charge on any atom is -0.369 e. The topological polar surface area (TPSA) is 29.0 Å². The third kappa shape index (κ3) is 1.91. The third-order valence-electron chi connectivity index (χ3n) is 2.35. The molecule has 0 spiro atoms. The highest BCUT2D eigenvalue weighted by Gasteiger charge is 2.13. The second-order valence-electron chi connectivity index (χ2n) is 3.25. The molecule has 0 N–H and O–H groups in total. The summed E-state index contributed by atoms with van der Waals surface area (Å²) in [6.07, 6.45) is 5.51. The monoisotopic (exact) mass is 197 g/mol. The predicted molar refractivity (Wildman–Crippen MR) is 53.1 cm³/mol. The van der Waals surface area contributed by atoms with Gasteiger partial charge in [-0.25, -0.2) is 0 Å². The standard InChI is InChI=1S/C9H12ClN3/c10-9-8(4-5-11-12-9)13-6-2-1-3-7-13/h4-5H,1-3,6-7H2. The molecule has 1 aliphatic rings. The van der Waals surface area contributed by atoms with Crippen molar-refractivity contribution in [2.75, 3.05) is 18.0 Å². The van der Waals surface area contributed by atoms with Crippen molar-refractivity contribution >= 4 is 17.3 Å². The summed E-state index contributed by atoms with van der Waals surface area (Å²) in [5.74, 6) is 0. The van der Waals surface area contributed by atoms with Gasteiger partial charge in [-0.2, -0.15) is 5.10 Å². The average molecular weight is 198 g/mol. The van der Waals surface area contributed by atoms with Gasteiger partial charge in [0.25, 0.3) is 0 Å². The number of halogens is 1. The summed E-state index contributed by atoms with van der Waals surface area (Å²) in [5, 5.41) is 8.08. The van der Waals surface area contributed by atoms with Crippen LogP contribution in [0.25, 0.3) is 0 Å². The van der Waals surface area contributed by atoms with Gasteiger partial charge in [0.15, 0.2) is 5.15 Å². The normalized spacial score (nSPS) is 17.5. The molecule has 0 saturated carbocycles. The van der Waals surface area contributed by atoms with E-state index in [0.717, 1.165) is 18.8 Å². The largest absolute Gasteiger partial charge is 0.369 e. The first-order chi connectivity index (χ1) is 6.38. The van der Waals surface area contributed by atoms with E-state index < -0.39 is 0 Å². The molecule has 0 radical (unpaired) electrons. The van der Waals surface area contributed by atoms with Crippen LogP contribution in [0.1, 0.15) is 19.3 Å². The molecule has 1 aliphatic heterocycles. The molecule has 0 unspecified atom stereocenters. The van der Waals surface area contributed by atoms with Gasteiger partial charge in [0, 0.05) is 13.1 Å². The molecule has 0 bridgehead atoms. The fourth-order valence-corrected chi connectivity index (χ4v) is 1.90. The molecule has 1 saturated heterocycles. The molecule has 0 aromatic carbocycles. The summed E-state index contributed by atoms with van der Waals surface area (Å²) in [5.41, 5.74) is 1.02. The molecule has 2 heterocycles. The van der Waals surface area contributed by atoms with Crippen LogP contribution in [-0.4, -0.2) is 23.3 Å². The van der Waals surface area contributed by atoms with Crippen molar-refractivity contribution in [2.45, 2.75) is 19.3 Å². The van der Waals surface area contributed by atoms with Crippen LogP contribution in [0.5, 0.6) is 0 Å². The van der Waals surface area contributed by atoms with Crippen LogP contribution in [0, 0.1) is 0 Å². The maximum Gasteiger partial charge on any atom is 0.174 e. The van der Waals surface area contributed by atoms with E-state index in [2.05, 4.69) is 15.1 Å². The smallest absolute Gasteiger partial charge is 0.174 e. The minimum atomic E-state index is 0.518. The Balaban J connectivity index is 2.18. The number of hydrogen-bond donors (Lipinski definition) is 0. The summed E-state index contributed by atoms with van der Waals surface area (Å²) < 4.78 is 0. The molecule has 13 heavy (non-hydrogen) atoms.